The Labute approximate surface area is 79.4 Å². The van der Waals surface area contributed by atoms with Gasteiger partial charge in [0.05, 0.1) is 18.6 Å². The van der Waals surface area contributed by atoms with Crippen molar-refractivity contribution in [1.82, 2.24) is 0 Å². The second-order valence-electron chi connectivity index (χ2n) is 2.13. The van der Waals surface area contributed by atoms with E-state index in [-0.39, 0.29) is 12.5 Å². The summed E-state index contributed by atoms with van der Waals surface area (Å²) in [6, 6.07) is 0. The van der Waals surface area contributed by atoms with Crippen LogP contribution in [0.4, 0.5) is 8.78 Å². The number of hydrogen-bond donors (Lipinski definition) is 1. The summed E-state index contributed by atoms with van der Waals surface area (Å²) in [5.41, 5.74) is 0. The Hall–Kier alpha value is 0.360. The fraction of sp³-hybridized carbons (Fsp3) is 1.00. The third kappa shape index (κ3) is 5.09. The van der Waals surface area contributed by atoms with Crippen molar-refractivity contribution in [2.45, 2.75) is 17.9 Å². The Morgan fingerprint density at radius 1 is 1.42 bits per heavy atom. The monoisotopic (exact) mass is 222 g/mol. The summed E-state index contributed by atoms with van der Waals surface area (Å²) in [7, 11) is 0. The van der Waals surface area contributed by atoms with Gasteiger partial charge in [0.1, 0.15) is 0 Å². The lowest BCUT2D eigenvalue weighted by Crippen LogP contribution is -2.27. The van der Waals surface area contributed by atoms with Crippen LogP contribution < -0.4 is 0 Å². The van der Waals surface area contributed by atoms with Gasteiger partial charge in [-0.05, 0) is 0 Å². The van der Waals surface area contributed by atoms with E-state index < -0.39 is 24.5 Å². The van der Waals surface area contributed by atoms with Gasteiger partial charge in [-0.15, -0.1) is 23.2 Å². The van der Waals surface area contributed by atoms with Gasteiger partial charge >= 0.3 is 0 Å². The molecule has 0 fully saturated rings. The fourth-order valence-corrected chi connectivity index (χ4v) is 0.590. The van der Waals surface area contributed by atoms with Gasteiger partial charge in [-0.3, -0.25) is 0 Å². The number of rotatable bonds is 6. The lowest BCUT2D eigenvalue weighted by atomic mass is 10.4. The van der Waals surface area contributed by atoms with Gasteiger partial charge in [-0.1, -0.05) is 0 Å². The van der Waals surface area contributed by atoms with Crippen LogP contribution in [-0.4, -0.2) is 42.1 Å². The van der Waals surface area contributed by atoms with Crippen molar-refractivity contribution in [3.8, 4) is 0 Å². The summed E-state index contributed by atoms with van der Waals surface area (Å²) >= 11 is 10.7. The minimum absolute atomic E-state index is 0.102. The topological polar surface area (TPSA) is 29.5 Å². The van der Waals surface area contributed by atoms with Gasteiger partial charge in [0.2, 0.25) is 6.36 Å². The molecule has 0 aromatic carbocycles. The van der Waals surface area contributed by atoms with Gasteiger partial charge < -0.3 is 9.84 Å². The largest absolute Gasteiger partial charge is 0.393 e. The fourth-order valence-electron chi connectivity index (χ4n) is 0.428. The number of halogens is 4. The first-order chi connectivity index (χ1) is 5.61. The lowest BCUT2D eigenvalue weighted by Gasteiger charge is -2.13. The average molecular weight is 223 g/mol. The number of aliphatic hydroxyl groups is 1. The van der Waals surface area contributed by atoms with Crippen LogP contribution in [0.2, 0.25) is 0 Å². The van der Waals surface area contributed by atoms with E-state index in [4.69, 9.17) is 28.3 Å². The number of alkyl halides is 4. The Balaban J connectivity index is 3.49. The standard InChI is InChI=1S/C6H10Cl2F2O2/c7-1-4(8)3-12-6(10)5(9)2-11/h4-6,11H,1-3H2. The maximum atomic E-state index is 12.4. The van der Waals surface area contributed by atoms with E-state index >= 15 is 0 Å². The molecule has 0 aromatic heterocycles. The normalized spacial score (nSPS) is 18.8. The molecule has 0 aliphatic heterocycles. The van der Waals surface area contributed by atoms with E-state index in [1.165, 1.54) is 0 Å². The van der Waals surface area contributed by atoms with Crippen LogP contribution in [0.15, 0.2) is 0 Å². The van der Waals surface area contributed by atoms with E-state index in [0.29, 0.717) is 0 Å². The predicted molar refractivity (Wildman–Crippen MR) is 43.2 cm³/mol. The molecule has 0 bridgehead atoms. The van der Waals surface area contributed by atoms with Crippen LogP contribution in [0.25, 0.3) is 0 Å². The highest BCUT2D eigenvalue weighted by Gasteiger charge is 2.20. The molecule has 1 N–H and O–H groups in total. The molecule has 3 atom stereocenters. The molecular weight excluding hydrogens is 213 g/mol. The second-order valence-corrected chi connectivity index (χ2v) is 3.06. The molecule has 0 radical (unpaired) electrons. The first-order valence-corrected chi connectivity index (χ1v) is 4.29. The summed E-state index contributed by atoms with van der Waals surface area (Å²) < 4.78 is 29.0. The Morgan fingerprint density at radius 3 is 2.42 bits per heavy atom. The minimum Gasteiger partial charge on any atom is -0.393 e. The maximum Gasteiger partial charge on any atom is 0.232 e. The maximum absolute atomic E-state index is 12.4. The lowest BCUT2D eigenvalue weighted by molar-refractivity contribution is -0.0967. The Morgan fingerprint density at radius 2 is 2.00 bits per heavy atom. The van der Waals surface area contributed by atoms with Crippen LogP contribution >= 0.6 is 23.2 Å². The van der Waals surface area contributed by atoms with E-state index in [0.717, 1.165) is 0 Å². The molecule has 74 valence electrons. The molecule has 0 aromatic rings. The number of hydrogen-bond acceptors (Lipinski definition) is 2. The van der Waals surface area contributed by atoms with Gasteiger partial charge in [0.25, 0.3) is 0 Å². The molecule has 0 spiro atoms. The van der Waals surface area contributed by atoms with Crippen LogP contribution in [-0.2, 0) is 4.74 Å². The molecule has 3 unspecified atom stereocenters. The van der Waals surface area contributed by atoms with Gasteiger partial charge in [-0.25, -0.2) is 8.78 Å². The zero-order valence-electron chi connectivity index (χ0n) is 6.22. The van der Waals surface area contributed by atoms with E-state index in [1.807, 2.05) is 0 Å². The van der Waals surface area contributed by atoms with Crippen LogP contribution in [0.3, 0.4) is 0 Å². The van der Waals surface area contributed by atoms with Crippen molar-refractivity contribution in [2.24, 2.45) is 0 Å². The van der Waals surface area contributed by atoms with E-state index in [2.05, 4.69) is 4.74 Å². The second kappa shape index (κ2) is 6.83. The highest BCUT2D eigenvalue weighted by molar-refractivity contribution is 6.28. The highest BCUT2D eigenvalue weighted by atomic mass is 35.5. The molecule has 12 heavy (non-hydrogen) atoms. The van der Waals surface area contributed by atoms with Gasteiger partial charge in [-0.2, -0.15) is 0 Å². The van der Waals surface area contributed by atoms with Crippen molar-refractivity contribution in [1.29, 1.82) is 0 Å². The van der Waals surface area contributed by atoms with Gasteiger partial charge in [0, 0.05) is 5.88 Å². The molecule has 0 rings (SSSR count). The molecule has 0 amide bonds. The average Bonchev–Trinajstić information content (AvgIpc) is 2.11. The molecule has 6 heteroatoms. The Bertz CT molecular complexity index is 118. The summed E-state index contributed by atoms with van der Waals surface area (Å²) in [5, 5.41) is 7.63. The first-order valence-electron chi connectivity index (χ1n) is 3.32. The van der Waals surface area contributed by atoms with Crippen molar-refractivity contribution in [3.63, 3.8) is 0 Å². The van der Waals surface area contributed by atoms with Crippen molar-refractivity contribution in [3.05, 3.63) is 0 Å². The van der Waals surface area contributed by atoms with E-state index in [1.54, 1.807) is 0 Å². The molecule has 0 aliphatic rings. The smallest absolute Gasteiger partial charge is 0.232 e. The first kappa shape index (κ1) is 12.4. The van der Waals surface area contributed by atoms with Crippen molar-refractivity contribution < 1.29 is 18.6 Å². The third-order valence-corrected chi connectivity index (χ3v) is 1.87. The summed E-state index contributed by atoms with van der Waals surface area (Å²) in [6.07, 6.45) is -4.16. The van der Waals surface area contributed by atoms with Crippen LogP contribution in [0.5, 0.6) is 0 Å². The zero-order chi connectivity index (χ0) is 9.56. The quantitative estimate of drug-likeness (QED) is 0.691. The zero-order valence-corrected chi connectivity index (χ0v) is 7.73. The number of ether oxygens (including phenoxy) is 1. The highest BCUT2D eigenvalue weighted by Crippen LogP contribution is 2.08. The molecular formula is C6H10Cl2F2O2. The minimum atomic E-state index is -2.14. The molecule has 0 saturated heterocycles. The predicted octanol–water partition coefficient (Wildman–Crippen LogP) is 1.48. The summed E-state index contributed by atoms with van der Waals surface area (Å²) in [5.74, 6) is 0.102. The van der Waals surface area contributed by atoms with Gasteiger partial charge in [0.15, 0.2) is 6.17 Å². The molecule has 0 aliphatic carbocycles. The molecule has 0 saturated carbocycles. The summed E-state index contributed by atoms with van der Waals surface area (Å²) in [6.45, 7) is -1.08. The number of aliphatic hydroxyl groups excluding tert-OH is 1. The van der Waals surface area contributed by atoms with Crippen LogP contribution in [0.1, 0.15) is 0 Å². The molecule has 0 heterocycles. The Kier molecular flexibility index (Phi) is 7.04. The van der Waals surface area contributed by atoms with Crippen LogP contribution in [0, 0.1) is 0 Å². The van der Waals surface area contributed by atoms with Crippen molar-refractivity contribution >= 4 is 23.2 Å². The molecule has 2 nitrogen and oxygen atoms in total. The third-order valence-electron chi connectivity index (χ3n) is 1.06. The van der Waals surface area contributed by atoms with E-state index in [9.17, 15) is 8.78 Å². The van der Waals surface area contributed by atoms with Crippen molar-refractivity contribution in [2.75, 3.05) is 19.1 Å². The summed E-state index contributed by atoms with van der Waals surface area (Å²) in [4.78, 5) is 0. The SMILES string of the molecule is OCC(F)C(F)OCC(Cl)CCl.